The molecule has 0 unspecified atom stereocenters. The van der Waals surface area contributed by atoms with Crippen LogP contribution in [0.1, 0.15) is 17.2 Å². The first-order valence-corrected chi connectivity index (χ1v) is 11.1. The predicted molar refractivity (Wildman–Crippen MR) is 130 cm³/mol. The highest BCUT2D eigenvalue weighted by Crippen LogP contribution is 2.24. The second-order valence-corrected chi connectivity index (χ2v) is 8.13. The normalized spacial score (nSPS) is 16.6. The molecule has 4 aromatic rings. The summed E-state index contributed by atoms with van der Waals surface area (Å²) < 4.78 is 5.99. The van der Waals surface area contributed by atoms with Crippen molar-refractivity contribution in [3.05, 3.63) is 114 Å². The van der Waals surface area contributed by atoms with Crippen LogP contribution < -0.4 is 5.32 Å². The molecule has 1 saturated heterocycles. The fourth-order valence-corrected chi connectivity index (χ4v) is 4.09. The maximum atomic E-state index is 5.99. The van der Waals surface area contributed by atoms with Gasteiger partial charge in [-0.05, 0) is 40.5 Å². The average Bonchev–Trinajstić information content (AvgIpc) is 2.87. The van der Waals surface area contributed by atoms with E-state index in [0.717, 1.165) is 37.7 Å². The van der Waals surface area contributed by atoms with E-state index in [1.807, 2.05) is 18.3 Å². The van der Waals surface area contributed by atoms with Crippen LogP contribution in [0, 0.1) is 0 Å². The zero-order chi connectivity index (χ0) is 21.6. The Morgan fingerprint density at radius 1 is 0.812 bits per heavy atom. The molecular formula is C28H27N3O. The van der Waals surface area contributed by atoms with Crippen molar-refractivity contribution in [2.24, 2.45) is 0 Å². The molecule has 1 atom stereocenters. The van der Waals surface area contributed by atoms with Crippen LogP contribution in [0.25, 0.3) is 11.1 Å². The summed E-state index contributed by atoms with van der Waals surface area (Å²) in [7, 11) is 0. The highest BCUT2D eigenvalue weighted by molar-refractivity contribution is 5.67. The van der Waals surface area contributed by atoms with E-state index in [1.54, 1.807) is 0 Å². The fourth-order valence-electron chi connectivity index (χ4n) is 4.09. The summed E-state index contributed by atoms with van der Waals surface area (Å²) in [6.45, 7) is 3.48. The molecular weight excluding hydrogens is 394 g/mol. The Morgan fingerprint density at radius 2 is 1.53 bits per heavy atom. The summed E-state index contributed by atoms with van der Waals surface area (Å²) in [5.74, 6) is 0.852. The Labute approximate surface area is 189 Å². The summed E-state index contributed by atoms with van der Waals surface area (Å²) in [4.78, 5) is 7.07. The van der Waals surface area contributed by atoms with E-state index in [1.165, 1.54) is 22.3 Å². The molecule has 1 aliphatic rings. The van der Waals surface area contributed by atoms with Crippen LogP contribution in [-0.4, -0.2) is 29.6 Å². The summed E-state index contributed by atoms with van der Waals surface area (Å²) in [6, 6.07) is 33.5. The Balaban J connectivity index is 1.18. The molecule has 2 heterocycles. The van der Waals surface area contributed by atoms with Crippen molar-refractivity contribution in [3.63, 3.8) is 0 Å². The lowest BCUT2D eigenvalue weighted by atomic mass is 10.1. The highest BCUT2D eigenvalue weighted by Gasteiger charge is 2.21. The maximum absolute atomic E-state index is 5.99. The molecule has 0 radical (unpaired) electrons. The molecule has 0 saturated carbocycles. The van der Waals surface area contributed by atoms with Crippen molar-refractivity contribution in [2.75, 3.05) is 25.0 Å². The number of morpholine rings is 1. The molecule has 3 aromatic carbocycles. The van der Waals surface area contributed by atoms with E-state index in [9.17, 15) is 0 Å². The molecule has 0 aliphatic carbocycles. The zero-order valence-electron chi connectivity index (χ0n) is 18.0. The first kappa shape index (κ1) is 20.4. The number of hydrogen-bond acceptors (Lipinski definition) is 4. The van der Waals surface area contributed by atoms with Gasteiger partial charge in [0.1, 0.15) is 5.82 Å². The number of ether oxygens (including phenoxy) is 1. The minimum atomic E-state index is 0.137. The monoisotopic (exact) mass is 421 g/mol. The van der Waals surface area contributed by atoms with E-state index in [-0.39, 0.29) is 6.10 Å². The van der Waals surface area contributed by atoms with Crippen molar-refractivity contribution >= 4 is 11.5 Å². The van der Waals surface area contributed by atoms with Crippen molar-refractivity contribution in [1.29, 1.82) is 0 Å². The van der Waals surface area contributed by atoms with Gasteiger partial charge >= 0.3 is 0 Å². The Morgan fingerprint density at radius 3 is 2.25 bits per heavy atom. The molecule has 4 nitrogen and oxygen atoms in total. The number of benzene rings is 3. The van der Waals surface area contributed by atoms with Crippen LogP contribution in [-0.2, 0) is 11.3 Å². The molecule has 1 fully saturated rings. The molecule has 1 aliphatic heterocycles. The molecule has 1 aromatic heterocycles. The SMILES string of the molecule is c1ccc(-c2ccc(Nc3ccc(CN4CCO[C@@H](c5ccccc5)C4)cn3)cc2)cc1. The van der Waals surface area contributed by atoms with Gasteiger partial charge in [0.2, 0.25) is 0 Å². The van der Waals surface area contributed by atoms with E-state index in [2.05, 4.69) is 100 Å². The van der Waals surface area contributed by atoms with Gasteiger partial charge in [-0.3, -0.25) is 4.90 Å². The third kappa shape index (κ3) is 5.05. The summed E-state index contributed by atoms with van der Waals surface area (Å²) in [5.41, 5.74) is 5.92. The molecule has 32 heavy (non-hydrogen) atoms. The number of aromatic nitrogens is 1. The smallest absolute Gasteiger partial charge is 0.130 e. The standard InChI is InChI=1S/C28H27N3O/c1-3-7-23(8-4-1)24-12-14-26(15-13-24)30-28-16-11-22(19-29-28)20-31-17-18-32-27(21-31)25-9-5-2-6-10-25/h1-16,19,27H,17-18,20-21H2,(H,29,30)/t27-/m1/s1. The number of pyridine rings is 1. The lowest BCUT2D eigenvalue weighted by Crippen LogP contribution is -2.37. The molecule has 4 heteroatoms. The maximum Gasteiger partial charge on any atom is 0.130 e. The fraction of sp³-hybridized carbons (Fsp3) is 0.179. The van der Waals surface area contributed by atoms with E-state index in [4.69, 9.17) is 4.74 Å². The third-order valence-electron chi connectivity index (χ3n) is 5.82. The number of nitrogens with one attached hydrogen (secondary N) is 1. The van der Waals surface area contributed by atoms with Crippen molar-refractivity contribution < 1.29 is 4.74 Å². The van der Waals surface area contributed by atoms with Crippen molar-refractivity contribution in [3.8, 4) is 11.1 Å². The molecule has 0 bridgehead atoms. The van der Waals surface area contributed by atoms with Crippen LogP contribution in [0.4, 0.5) is 11.5 Å². The summed E-state index contributed by atoms with van der Waals surface area (Å²) in [5, 5.41) is 3.40. The van der Waals surface area contributed by atoms with Gasteiger partial charge in [-0.15, -0.1) is 0 Å². The molecule has 0 amide bonds. The Kier molecular flexibility index (Phi) is 6.24. The highest BCUT2D eigenvalue weighted by atomic mass is 16.5. The molecule has 0 spiro atoms. The van der Waals surface area contributed by atoms with Gasteiger partial charge in [0, 0.05) is 31.5 Å². The van der Waals surface area contributed by atoms with Gasteiger partial charge in [0.25, 0.3) is 0 Å². The molecule has 5 rings (SSSR count). The largest absolute Gasteiger partial charge is 0.371 e. The van der Waals surface area contributed by atoms with E-state index >= 15 is 0 Å². The lowest BCUT2D eigenvalue weighted by Gasteiger charge is -2.33. The number of rotatable bonds is 6. The van der Waals surface area contributed by atoms with Gasteiger partial charge < -0.3 is 10.1 Å². The third-order valence-corrected chi connectivity index (χ3v) is 5.82. The van der Waals surface area contributed by atoms with Crippen LogP contribution in [0.5, 0.6) is 0 Å². The summed E-state index contributed by atoms with van der Waals surface area (Å²) >= 11 is 0. The topological polar surface area (TPSA) is 37.4 Å². The van der Waals surface area contributed by atoms with Crippen LogP contribution >= 0.6 is 0 Å². The first-order valence-electron chi connectivity index (χ1n) is 11.1. The minimum Gasteiger partial charge on any atom is -0.371 e. The average molecular weight is 422 g/mol. The second-order valence-electron chi connectivity index (χ2n) is 8.13. The van der Waals surface area contributed by atoms with Gasteiger partial charge in [-0.1, -0.05) is 78.9 Å². The van der Waals surface area contributed by atoms with Gasteiger partial charge in [-0.25, -0.2) is 4.98 Å². The van der Waals surface area contributed by atoms with Gasteiger partial charge in [0.05, 0.1) is 12.7 Å². The zero-order valence-corrected chi connectivity index (χ0v) is 18.0. The van der Waals surface area contributed by atoms with Crippen LogP contribution in [0.2, 0.25) is 0 Å². The lowest BCUT2D eigenvalue weighted by molar-refractivity contribution is -0.0329. The minimum absolute atomic E-state index is 0.137. The van der Waals surface area contributed by atoms with Gasteiger partial charge in [0.15, 0.2) is 0 Å². The van der Waals surface area contributed by atoms with Gasteiger partial charge in [-0.2, -0.15) is 0 Å². The predicted octanol–water partition coefficient (Wildman–Crippen LogP) is 6.07. The van der Waals surface area contributed by atoms with Crippen LogP contribution in [0.3, 0.4) is 0 Å². The van der Waals surface area contributed by atoms with Crippen molar-refractivity contribution in [1.82, 2.24) is 9.88 Å². The van der Waals surface area contributed by atoms with E-state index in [0.29, 0.717) is 0 Å². The van der Waals surface area contributed by atoms with Crippen LogP contribution in [0.15, 0.2) is 103 Å². The number of nitrogens with zero attached hydrogens (tertiary/aromatic N) is 2. The number of hydrogen-bond donors (Lipinski definition) is 1. The van der Waals surface area contributed by atoms with E-state index < -0.39 is 0 Å². The number of anilines is 2. The molecule has 160 valence electrons. The Bertz CT molecular complexity index is 1110. The Hall–Kier alpha value is -3.47. The second kappa shape index (κ2) is 9.77. The summed E-state index contributed by atoms with van der Waals surface area (Å²) in [6.07, 6.45) is 2.10. The quantitative estimate of drug-likeness (QED) is 0.410. The van der Waals surface area contributed by atoms with Crippen molar-refractivity contribution in [2.45, 2.75) is 12.6 Å². The first-order chi connectivity index (χ1) is 15.8. The molecule has 1 N–H and O–H groups in total.